The van der Waals surface area contributed by atoms with Gasteiger partial charge in [0.2, 0.25) is 5.91 Å². The van der Waals surface area contributed by atoms with Crippen LogP contribution in [-0.4, -0.2) is 32.1 Å². The zero-order valence-corrected chi connectivity index (χ0v) is 15.9. The Balaban J connectivity index is 1.66. The Kier molecular flexibility index (Phi) is 6.32. The molecule has 1 aliphatic heterocycles. The number of methoxy groups -OCH3 is 1. The minimum atomic E-state index is -0.309. The highest BCUT2D eigenvalue weighted by molar-refractivity contribution is 6.02. The van der Waals surface area contributed by atoms with E-state index in [1.54, 1.807) is 24.1 Å². The second-order valence-corrected chi connectivity index (χ2v) is 6.48. The van der Waals surface area contributed by atoms with Crippen molar-refractivity contribution in [2.45, 2.75) is 19.3 Å². The van der Waals surface area contributed by atoms with E-state index < -0.39 is 0 Å². The molecule has 2 amide bonds. The molecule has 0 unspecified atom stereocenters. The van der Waals surface area contributed by atoms with E-state index in [2.05, 4.69) is 11.9 Å². The summed E-state index contributed by atoms with van der Waals surface area (Å²) in [5.41, 5.74) is 2.36. The van der Waals surface area contributed by atoms with Gasteiger partial charge in [0.25, 0.3) is 5.91 Å². The lowest BCUT2D eigenvalue weighted by atomic mass is 10.1. The fourth-order valence-electron chi connectivity index (χ4n) is 3.17. The number of amides is 2. The van der Waals surface area contributed by atoms with Gasteiger partial charge < -0.3 is 19.7 Å². The number of hydrogen-bond donors (Lipinski definition) is 1. The highest BCUT2D eigenvalue weighted by Gasteiger charge is 2.24. The monoisotopic (exact) mass is 380 g/mol. The van der Waals surface area contributed by atoms with Gasteiger partial charge in [-0.3, -0.25) is 9.59 Å². The maximum atomic E-state index is 12.4. The van der Waals surface area contributed by atoms with E-state index >= 15 is 0 Å². The smallest absolute Gasteiger partial charge is 0.262 e. The van der Waals surface area contributed by atoms with Crippen molar-refractivity contribution in [1.82, 2.24) is 0 Å². The van der Waals surface area contributed by atoms with Gasteiger partial charge in [0.05, 0.1) is 18.5 Å². The predicted octanol–water partition coefficient (Wildman–Crippen LogP) is 3.57. The summed E-state index contributed by atoms with van der Waals surface area (Å²) in [5, 5.41) is 2.84. The molecule has 6 nitrogen and oxygen atoms in total. The maximum absolute atomic E-state index is 12.4. The molecule has 0 spiro atoms. The Hall–Kier alpha value is -3.28. The van der Waals surface area contributed by atoms with Gasteiger partial charge in [0.15, 0.2) is 18.1 Å². The number of hydrogen-bond acceptors (Lipinski definition) is 4. The Morgan fingerprint density at radius 3 is 2.79 bits per heavy atom. The number of anilines is 2. The van der Waals surface area contributed by atoms with Crippen molar-refractivity contribution >= 4 is 23.2 Å². The maximum Gasteiger partial charge on any atom is 0.262 e. The van der Waals surface area contributed by atoms with Gasteiger partial charge in [0, 0.05) is 13.0 Å². The number of benzene rings is 2. The number of carbonyl (C=O) groups is 2. The first kappa shape index (κ1) is 19.5. The lowest BCUT2D eigenvalue weighted by molar-refractivity contribution is -0.118. The summed E-state index contributed by atoms with van der Waals surface area (Å²) < 4.78 is 11.0. The Morgan fingerprint density at radius 1 is 1.25 bits per heavy atom. The summed E-state index contributed by atoms with van der Waals surface area (Å²) in [6.07, 6.45) is 3.90. The SMILES string of the molecule is C=CCc1ccc(OCC(=O)Nc2ccccc2N2CCCC2=O)c(OC)c1. The molecule has 1 fully saturated rings. The van der Waals surface area contributed by atoms with E-state index in [-0.39, 0.29) is 18.4 Å². The third-order valence-corrected chi connectivity index (χ3v) is 4.51. The van der Waals surface area contributed by atoms with Crippen molar-refractivity contribution in [2.75, 3.05) is 30.5 Å². The fraction of sp³-hybridized carbons (Fsp3) is 0.273. The zero-order chi connectivity index (χ0) is 19.9. The standard InChI is InChI=1S/C22H24N2O4/c1-3-7-16-11-12-19(20(14-16)27-2)28-15-21(25)23-17-8-4-5-9-18(17)24-13-6-10-22(24)26/h3-5,8-9,11-12,14H,1,6-7,10,13,15H2,2H3,(H,23,25). The Bertz CT molecular complexity index is 879. The largest absolute Gasteiger partial charge is 0.493 e. The lowest BCUT2D eigenvalue weighted by Gasteiger charge is -2.20. The van der Waals surface area contributed by atoms with E-state index in [4.69, 9.17) is 9.47 Å². The van der Waals surface area contributed by atoms with Crippen LogP contribution in [0.1, 0.15) is 18.4 Å². The van der Waals surface area contributed by atoms with Crippen LogP contribution in [0.3, 0.4) is 0 Å². The van der Waals surface area contributed by atoms with Gasteiger partial charge in [-0.25, -0.2) is 0 Å². The normalized spacial score (nSPS) is 13.3. The van der Waals surface area contributed by atoms with Gasteiger partial charge in [-0.15, -0.1) is 6.58 Å². The first-order chi connectivity index (χ1) is 13.6. The topological polar surface area (TPSA) is 67.9 Å². The molecule has 0 saturated carbocycles. The molecule has 0 bridgehead atoms. The van der Waals surface area contributed by atoms with E-state index in [9.17, 15) is 9.59 Å². The van der Waals surface area contributed by atoms with E-state index in [1.807, 2.05) is 36.4 Å². The molecule has 0 aromatic heterocycles. The molecule has 146 valence electrons. The molecule has 6 heteroatoms. The van der Waals surface area contributed by atoms with Gasteiger partial charge in [0.1, 0.15) is 0 Å². The van der Waals surface area contributed by atoms with Crippen molar-refractivity contribution in [1.29, 1.82) is 0 Å². The summed E-state index contributed by atoms with van der Waals surface area (Å²) in [6, 6.07) is 12.8. The Morgan fingerprint density at radius 2 is 2.07 bits per heavy atom. The lowest BCUT2D eigenvalue weighted by Crippen LogP contribution is -2.27. The number of ether oxygens (including phenoxy) is 2. The van der Waals surface area contributed by atoms with Crippen LogP contribution >= 0.6 is 0 Å². The van der Waals surface area contributed by atoms with E-state index in [0.717, 1.165) is 18.4 Å². The minimum absolute atomic E-state index is 0.0716. The molecular formula is C22H24N2O4. The molecule has 28 heavy (non-hydrogen) atoms. The summed E-state index contributed by atoms with van der Waals surface area (Å²) >= 11 is 0. The number of carbonyl (C=O) groups excluding carboxylic acids is 2. The third-order valence-electron chi connectivity index (χ3n) is 4.51. The first-order valence-electron chi connectivity index (χ1n) is 9.22. The minimum Gasteiger partial charge on any atom is -0.493 e. The van der Waals surface area contributed by atoms with Gasteiger partial charge >= 0.3 is 0 Å². The van der Waals surface area contributed by atoms with Crippen LogP contribution < -0.4 is 19.7 Å². The summed E-state index contributed by atoms with van der Waals surface area (Å²) in [5.74, 6) is 0.822. The van der Waals surface area contributed by atoms with Gasteiger partial charge in [-0.1, -0.05) is 24.3 Å². The van der Waals surface area contributed by atoms with Crippen LogP contribution in [0.5, 0.6) is 11.5 Å². The molecule has 3 rings (SSSR count). The molecule has 2 aromatic rings. The van der Waals surface area contributed by atoms with Crippen molar-refractivity contribution < 1.29 is 19.1 Å². The van der Waals surface area contributed by atoms with Crippen LogP contribution in [0.15, 0.2) is 55.1 Å². The average Bonchev–Trinajstić information content (AvgIpc) is 3.13. The van der Waals surface area contributed by atoms with Crippen LogP contribution in [0.25, 0.3) is 0 Å². The van der Waals surface area contributed by atoms with Crippen LogP contribution in [0.2, 0.25) is 0 Å². The Labute approximate surface area is 164 Å². The average molecular weight is 380 g/mol. The molecule has 1 N–H and O–H groups in total. The number of nitrogens with zero attached hydrogens (tertiary/aromatic N) is 1. The predicted molar refractivity (Wildman–Crippen MR) is 109 cm³/mol. The van der Waals surface area contributed by atoms with Crippen molar-refractivity contribution in [3.8, 4) is 11.5 Å². The van der Waals surface area contributed by atoms with Crippen molar-refractivity contribution in [3.63, 3.8) is 0 Å². The van der Waals surface area contributed by atoms with E-state index in [0.29, 0.717) is 35.8 Å². The van der Waals surface area contributed by atoms with Crippen LogP contribution in [-0.2, 0) is 16.0 Å². The fourth-order valence-corrected chi connectivity index (χ4v) is 3.17. The first-order valence-corrected chi connectivity index (χ1v) is 9.22. The van der Waals surface area contributed by atoms with Crippen LogP contribution in [0.4, 0.5) is 11.4 Å². The molecule has 1 aliphatic rings. The summed E-state index contributed by atoms with van der Waals surface area (Å²) in [4.78, 5) is 26.2. The van der Waals surface area contributed by atoms with Gasteiger partial charge in [-0.2, -0.15) is 0 Å². The molecule has 2 aromatic carbocycles. The molecular weight excluding hydrogens is 356 g/mol. The second-order valence-electron chi connectivity index (χ2n) is 6.48. The second kappa shape index (κ2) is 9.08. The summed E-state index contributed by atoms with van der Waals surface area (Å²) in [7, 11) is 1.56. The molecule has 1 saturated heterocycles. The van der Waals surface area contributed by atoms with E-state index in [1.165, 1.54) is 0 Å². The highest BCUT2D eigenvalue weighted by atomic mass is 16.5. The molecule has 0 atom stereocenters. The molecule has 0 radical (unpaired) electrons. The third kappa shape index (κ3) is 4.52. The van der Waals surface area contributed by atoms with Crippen molar-refractivity contribution in [3.05, 3.63) is 60.7 Å². The number of rotatable bonds is 8. The number of allylic oxidation sites excluding steroid dienone is 1. The summed E-state index contributed by atoms with van der Waals surface area (Å²) in [6.45, 7) is 4.22. The molecule has 1 heterocycles. The molecule has 0 aliphatic carbocycles. The quantitative estimate of drug-likeness (QED) is 0.711. The van der Waals surface area contributed by atoms with Gasteiger partial charge in [-0.05, 0) is 42.7 Å². The van der Waals surface area contributed by atoms with Crippen molar-refractivity contribution in [2.24, 2.45) is 0 Å². The number of para-hydroxylation sites is 2. The number of nitrogens with one attached hydrogen (secondary N) is 1. The van der Waals surface area contributed by atoms with Crippen LogP contribution in [0, 0.1) is 0 Å². The highest BCUT2D eigenvalue weighted by Crippen LogP contribution is 2.30. The zero-order valence-electron chi connectivity index (χ0n) is 15.9.